The second kappa shape index (κ2) is 4.60. The standard InChI is InChI=1S/C3H5O2.CH3.Sb/c4-2-1-3-5;;/h1-2,5H,3H2;1H3;. The Balaban J connectivity index is 3.16. The first kappa shape index (κ1) is 7.45. The van der Waals surface area contributed by atoms with Crippen LogP contribution in [0.2, 0.25) is 8.73 Å². The zero-order valence-electron chi connectivity index (χ0n) is 4.16. The molecule has 1 radical (unpaired) electrons. The Morgan fingerprint density at radius 3 is 2.57 bits per heavy atom. The molecule has 0 amide bonds. The number of hydrogen-bond donors (Lipinski definition) is 1. The van der Waals surface area contributed by atoms with Gasteiger partial charge in [-0.15, -0.1) is 0 Å². The molecule has 0 saturated heterocycles. The Morgan fingerprint density at radius 2 is 2.57 bits per heavy atom. The molecule has 1 N–H and O–H groups in total. The van der Waals surface area contributed by atoms with Crippen LogP contribution in [0.5, 0.6) is 0 Å². The fraction of sp³-hybridized carbons (Fsp3) is 0.750. The molecule has 0 aliphatic carbocycles. The van der Waals surface area contributed by atoms with E-state index in [0.29, 0.717) is 0 Å². The normalized spacial score (nSPS) is 13.4. The van der Waals surface area contributed by atoms with Crippen LogP contribution in [0.4, 0.5) is 0 Å². The van der Waals surface area contributed by atoms with E-state index in [4.69, 9.17) is 5.11 Å². The Labute approximate surface area is 53.4 Å². The van der Waals surface area contributed by atoms with Crippen LogP contribution in [0, 0.1) is 0 Å². The Kier molecular flexibility index (Phi) is 4.90. The van der Waals surface area contributed by atoms with Crippen LogP contribution < -0.4 is 0 Å². The van der Waals surface area contributed by atoms with Gasteiger partial charge in [0.15, 0.2) is 0 Å². The third-order valence-electron chi connectivity index (χ3n) is 0.676. The zero-order valence-corrected chi connectivity index (χ0v) is 6.72. The molecule has 0 aromatic rings. The van der Waals surface area contributed by atoms with Gasteiger partial charge in [-0.3, -0.25) is 0 Å². The summed E-state index contributed by atoms with van der Waals surface area (Å²) in [4.78, 5) is 11.9. The summed E-state index contributed by atoms with van der Waals surface area (Å²) in [7, 11) is 0. The Bertz CT molecular complexity index is 51.7. The summed E-state index contributed by atoms with van der Waals surface area (Å²) in [6.45, 7) is 0.0528. The summed E-state index contributed by atoms with van der Waals surface area (Å²) >= 11 is -0.372. The first-order chi connectivity index (χ1) is 3.35. The molecule has 0 aliphatic rings. The second-order valence-corrected chi connectivity index (χ2v) is 4.51. The molecule has 41 valence electrons. The van der Waals surface area contributed by atoms with E-state index in [0.717, 1.165) is 6.29 Å². The van der Waals surface area contributed by atoms with Gasteiger partial charge in [0.05, 0.1) is 0 Å². The maximum absolute atomic E-state index is 9.84. The van der Waals surface area contributed by atoms with Gasteiger partial charge in [-0.25, -0.2) is 0 Å². The Morgan fingerprint density at radius 1 is 2.00 bits per heavy atom. The minimum atomic E-state index is -0.372. The van der Waals surface area contributed by atoms with E-state index >= 15 is 0 Å². The number of rotatable bonds is 3. The number of hydrogen-bond acceptors (Lipinski definition) is 2. The maximum atomic E-state index is 9.84. The van der Waals surface area contributed by atoms with Crippen LogP contribution in [0.3, 0.4) is 0 Å². The van der Waals surface area contributed by atoms with Crippen LogP contribution in [0.1, 0.15) is 0 Å². The number of aldehydes is 1. The molecule has 0 bridgehead atoms. The van der Waals surface area contributed by atoms with E-state index in [2.05, 4.69) is 0 Å². The predicted octanol–water partition coefficient (Wildman–Crippen LogP) is -0.282. The van der Waals surface area contributed by atoms with Crippen LogP contribution in [-0.4, -0.2) is 39.6 Å². The van der Waals surface area contributed by atoms with Crippen molar-refractivity contribution in [3.05, 3.63) is 0 Å². The average Bonchev–Trinajstić information content (AvgIpc) is 1.72. The predicted molar refractivity (Wildman–Crippen MR) is 28.5 cm³/mol. The molecule has 0 rings (SSSR count). The van der Waals surface area contributed by atoms with Gasteiger partial charge in [-0.2, -0.15) is 0 Å². The summed E-state index contributed by atoms with van der Waals surface area (Å²) in [5.41, 5.74) is 0. The molecule has 1 atom stereocenters. The summed E-state index contributed by atoms with van der Waals surface area (Å²) in [5.74, 6) is 0. The van der Waals surface area contributed by atoms with Crippen molar-refractivity contribution in [2.75, 3.05) is 6.61 Å². The van der Waals surface area contributed by atoms with Gasteiger partial charge < -0.3 is 0 Å². The molecular formula is C4H8O2Sb. The molecule has 0 aromatic heterocycles. The summed E-state index contributed by atoms with van der Waals surface area (Å²) in [5, 5.41) is 8.33. The van der Waals surface area contributed by atoms with Crippen LogP contribution >= 0.6 is 0 Å². The van der Waals surface area contributed by atoms with E-state index in [1.807, 2.05) is 4.87 Å². The number of aliphatic hydroxyl groups excluding tert-OH is 1. The molecule has 0 heterocycles. The number of carbonyl (C=O) groups is 1. The van der Waals surface area contributed by atoms with Crippen molar-refractivity contribution in [1.29, 1.82) is 0 Å². The van der Waals surface area contributed by atoms with Crippen molar-refractivity contribution in [3.63, 3.8) is 0 Å². The van der Waals surface area contributed by atoms with Crippen molar-refractivity contribution in [2.24, 2.45) is 0 Å². The number of carbonyl (C=O) groups excluding carboxylic acids is 1. The van der Waals surface area contributed by atoms with E-state index in [1.54, 1.807) is 0 Å². The monoisotopic (exact) mass is 209 g/mol. The van der Waals surface area contributed by atoms with Crippen LogP contribution in [0.25, 0.3) is 0 Å². The van der Waals surface area contributed by atoms with Crippen LogP contribution in [0.15, 0.2) is 0 Å². The fourth-order valence-corrected chi connectivity index (χ4v) is 0.999. The first-order valence-corrected chi connectivity index (χ1v) is 6.03. The van der Waals surface area contributed by atoms with E-state index in [1.165, 1.54) is 0 Å². The third-order valence-corrected chi connectivity index (χ3v) is 3.38. The van der Waals surface area contributed by atoms with Crippen molar-refractivity contribution < 1.29 is 9.90 Å². The fourth-order valence-electron chi connectivity index (χ4n) is 0.186. The van der Waals surface area contributed by atoms with Gasteiger partial charge in [-0.1, -0.05) is 0 Å². The number of aliphatic hydroxyl groups is 1. The van der Waals surface area contributed by atoms with E-state index in [-0.39, 0.29) is 32.1 Å². The molecule has 7 heavy (non-hydrogen) atoms. The Hall–Kier alpha value is 0.448. The van der Waals surface area contributed by atoms with Crippen molar-refractivity contribution in [1.82, 2.24) is 0 Å². The zero-order chi connectivity index (χ0) is 5.70. The van der Waals surface area contributed by atoms with Gasteiger partial charge in [0.25, 0.3) is 0 Å². The molecule has 0 spiro atoms. The quantitative estimate of drug-likeness (QED) is 0.513. The second-order valence-electron chi connectivity index (χ2n) is 1.14. The molecule has 0 aromatic carbocycles. The van der Waals surface area contributed by atoms with E-state index < -0.39 is 0 Å². The molecular weight excluding hydrogens is 202 g/mol. The first-order valence-electron chi connectivity index (χ1n) is 2.00. The van der Waals surface area contributed by atoms with Gasteiger partial charge >= 0.3 is 53.1 Å². The molecule has 0 saturated carbocycles. The van der Waals surface area contributed by atoms with Gasteiger partial charge in [-0.05, 0) is 0 Å². The summed E-state index contributed by atoms with van der Waals surface area (Å²) in [6, 6.07) is 0. The van der Waals surface area contributed by atoms with Crippen molar-refractivity contribution >= 4 is 27.9 Å². The minimum absolute atomic E-state index is 0.0111. The van der Waals surface area contributed by atoms with Crippen molar-refractivity contribution in [2.45, 2.75) is 8.73 Å². The van der Waals surface area contributed by atoms with Gasteiger partial charge in [0.1, 0.15) is 0 Å². The average molecular weight is 210 g/mol. The molecule has 0 fully saturated rings. The summed E-state index contributed by atoms with van der Waals surface area (Å²) < 4.78 is 0.0111. The topological polar surface area (TPSA) is 37.3 Å². The van der Waals surface area contributed by atoms with Gasteiger partial charge in [0, 0.05) is 0 Å². The molecule has 2 nitrogen and oxygen atoms in total. The van der Waals surface area contributed by atoms with E-state index in [9.17, 15) is 4.79 Å². The molecule has 3 heteroatoms. The SMILES string of the molecule is [CH3][Sb][CH](C=O)CO. The molecule has 0 aliphatic heterocycles. The van der Waals surface area contributed by atoms with Gasteiger partial charge in [0.2, 0.25) is 0 Å². The molecule has 1 unspecified atom stereocenters. The third kappa shape index (κ3) is 3.07. The summed E-state index contributed by atoms with van der Waals surface area (Å²) in [6.07, 6.45) is 0.844. The van der Waals surface area contributed by atoms with Crippen molar-refractivity contribution in [3.8, 4) is 0 Å². The van der Waals surface area contributed by atoms with Crippen LogP contribution in [-0.2, 0) is 4.79 Å².